The first-order valence-corrected chi connectivity index (χ1v) is 28.4. The number of nitrogens with zero attached hydrogens (tertiary/aromatic N) is 2. The molecule has 78 heavy (non-hydrogen) atoms. The smallest absolute Gasteiger partial charge is 0.142 e. The van der Waals surface area contributed by atoms with E-state index in [2.05, 4.69) is 222 Å². The highest BCUT2D eigenvalue weighted by molar-refractivity contribution is 6.09. The lowest BCUT2D eigenvalue weighted by Gasteiger charge is -2.20. The fourth-order valence-electron chi connectivity index (χ4n) is 11.2. The first-order valence-electron chi connectivity index (χ1n) is 28.4. The quantitative estimate of drug-likeness (QED) is 0.180. The second-order valence-corrected chi connectivity index (χ2v) is 19.1. The van der Waals surface area contributed by atoms with E-state index in [1.807, 2.05) is 67.7 Å². The Morgan fingerprint density at radius 2 is 1.21 bits per heavy atom. The third-order valence-electron chi connectivity index (χ3n) is 14.7. The van der Waals surface area contributed by atoms with Crippen molar-refractivity contribution < 1.29 is 8.83 Å². The molecule has 0 fully saturated rings. The van der Waals surface area contributed by atoms with Crippen LogP contribution in [-0.2, 0) is 19.9 Å². The number of aryl methyl sites for hydroxylation is 4. The van der Waals surface area contributed by atoms with Crippen molar-refractivity contribution in [3.63, 3.8) is 0 Å². The number of rotatable bonds is 5. The maximum atomic E-state index is 6.24. The van der Waals surface area contributed by atoms with Crippen molar-refractivity contribution in [2.24, 2.45) is 7.05 Å². The van der Waals surface area contributed by atoms with Crippen LogP contribution in [-0.4, -0.2) is 15.8 Å². The maximum absolute atomic E-state index is 6.24. The number of furan rings is 2. The van der Waals surface area contributed by atoms with Gasteiger partial charge in [0.2, 0.25) is 0 Å². The Hall–Kier alpha value is -8.32. The molecule has 0 bridgehead atoms. The summed E-state index contributed by atoms with van der Waals surface area (Å²) < 4.78 is 16.7. The molecule has 6 nitrogen and oxygen atoms in total. The van der Waals surface area contributed by atoms with Gasteiger partial charge in [0.25, 0.3) is 0 Å². The van der Waals surface area contributed by atoms with Crippen molar-refractivity contribution in [3.8, 4) is 27.9 Å². The van der Waals surface area contributed by atoms with E-state index in [9.17, 15) is 0 Å². The predicted octanol–water partition coefficient (Wildman–Crippen LogP) is 19.8. The average molecular weight is 1030 g/mol. The molecule has 1 aliphatic heterocycles. The molecule has 5 heterocycles. The van der Waals surface area contributed by atoms with E-state index in [0.29, 0.717) is 0 Å². The molecule has 0 saturated carbocycles. The second-order valence-electron chi connectivity index (χ2n) is 19.1. The molecule has 1 unspecified atom stereocenters. The zero-order valence-electron chi connectivity index (χ0n) is 47.4. The Morgan fingerprint density at radius 3 is 1.95 bits per heavy atom. The van der Waals surface area contributed by atoms with E-state index >= 15 is 0 Å². The van der Waals surface area contributed by atoms with Crippen LogP contribution in [0.1, 0.15) is 112 Å². The van der Waals surface area contributed by atoms with Gasteiger partial charge in [-0.05, 0) is 123 Å². The molecule has 6 heteroatoms. The molecule has 0 saturated heterocycles. The number of nitrogens with one attached hydrogen (secondary N) is 2. The first-order chi connectivity index (χ1) is 38.4. The standard InChI is InChI=1S/C31H24N2.C22H20N2O.C13H14O.3C2H6/c1-32-28-13-7-5-11-24(28)26-19-21(15-17-29(26)32)22-16-18-31-27(20-22)25-12-6-8-14-30(25)33(31)23-9-3-2-4-10-23;1-2-7-21-18(4-1)19-6-3-5-17(22(19)25-21)15-8-10-16(11-9-15)20-12-13-23-14-24-20;1-4-6-11-10(3)14-13-9(2)7-5-8-12(11)13;3*1-2/h2-7,9-13,15-20H,8,14H2,1H3;1,3-6,8-13,20,23-24H,2,7,14H2;4-8H,1-3H3;3*1-2H3/b;;6-4-;;;. The summed E-state index contributed by atoms with van der Waals surface area (Å²) in [6.45, 7) is 18.9. The number of fused-ring (bicyclic) bond motifs is 10. The molecule has 11 aromatic rings. The van der Waals surface area contributed by atoms with E-state index in [1.54, 1.807) is 0 Å². The number of hydrogen-bond acceptors (Lipinski definition) is 4. The Morgan fingerprint density at radius 1 is 0.564 bits per heavy atom. The van der Waals surface area contributed by atoms with Crippen molar-refractivity contribution in [2.75, 3.05) is 6.67 Å². The molecular weight excluding hydrogens is 953 g/mol. The maximum Gasteiger partial charge on any atom is 0.142 e. The highest BCUT2D eigenvalue weighted by atomic mass is 16.3. The average Bonchev–Trinajstić information content (AvgIpc) is 4.29. The predicted molar refractivity (Wildman–Crippen MR) is 337 cm³/mol. The van der Waals surface area contributed by atoms with Crippen molar-refractivity contribution in [3.05, 3.63) is 227 Å². The van der Waals surface area contributed by atoms with Gasteiger partial charge in [0.15, 0.2) is 0 Å². The second kappa shape index (κ2) is 25.2. The van der Waals surface area contributed by atoms with Gasteiger partial charge in [-0.1, -0.05) is 187 Å². The molecule has 2 N–H and O–H groups in total. The molecule has 396 valence electrons. The lowest BCUT2D eigenvalue weighted by Crippen LogP contribution is -2.32. The summed E-state index contributed by atoms with van der Waals surface area (Å²) in [4.78, 5) is 0. The molecule has 1 atom stereocenters. The van der Waals surface area contributed by atoms with Crippen LogP contribution >= 0.6 is 0 Å². The molecule has 7 aromatic carbocycles. The Kier molecular flexibility index (Phi) is 17.6. The van der Waals surface area contributed by atoms with Gasteiger partial charge in [-0.15, -0.1) is 0 Å². The third kappa shape index (κ3) is 10.7. The van der Waals surface area contributed by atoms with Crippen molar-refractivity contribution in [2.45, 2.75) is 94.0 Å². The Balaban J connectivity index is 0.000000145. The van der Waals surface area contributed by atoms with E-state index in [0.717, 1.165) is 55.0 Å². The summed E-state index contributed by atoms with van der Waals surface area (Å²) in [6.07, 6.45) is 21.6. The lowest BCUT2D eigenvalue weighted by molar-refractivity contribution is 0.547. The van der Waals surface area contributed by atoms with Gasteiger partial charge in [-0.2, -0.15) is 0 Å². The van der Waals surface area contributed by atoms with Gasteiger partial charge in [0.05, 0.1) is 18.2 Å². The third-order valence-corrected chi connectivity index (χ3v) is 14.7. The van der Waals surface area contributed by atoms with Crippen LogP contribution in [0, 0.1) is 13.8 Å². The van der Waals surface area contributed by atoms with Gasteiger partial charge < -0.3 is 23.3 Å². The minimum absolute atomic E-state index is 0.271. The number of hydrogen-bond donors (Lipinski definition) is 2. The van der Waals surface area contributed by atoms with Crippen LogP contribution in [0.3, 0.4) is 0 Å². The Labute approximate surface area is 462 Å². The van der Waals surface area contributed by atoms with Crippen LogP contribution in [0.5, 0.6) is 0 Å². The highest BCUT2D eigenvalue weighted by Crippen LogP contribution is 2.40. The summed E-state index contributed by atoms with van der Waals surface area (Å²) in [5.74, 6) is 2.11. The minimum Gasteiger partial charge on any atom is -0.460 e. The lowest BCUT2D eigenvalue weighted by atomic mass is 9.97. The molecule has 2 aliphatic carbocycles. The highest BCUT2D eigenvalue weighted by Gasteiger charge is 2.21. The number of aromatic nitrogens is 2. The van der Waals surface area contributed by atoms with Crippen molar-refractivity contribution in [1.29, 1.82) is 0 Å². The first kappa shape index (κ1) is 54.5. The van der Waals surface area contributed by atoms with E-state index < -0.39 is 0 Å². The molecule has 3 aliphatic rings. The van der Waals surface area contributed by atoms with Crippen LogP contribution in [0.4, 0.5) is 0 Å². The SMILES string of the molecule is C/C=C\c1c(C)oc2c(C)cccc12.C1=Cc2c(oc3c(-c4ccc(C5C=CNCN5)cc4)cccc23)CC1.CC.CC.CC.Cn1c2ccccc2c2cc(-c3ccc4c(c3)c3c(n4-c4ccccc4)CCC=C3)ccc21. The van der Waals surface area contributed by atoms with Crippen molar-refractivity contribution >= 4 is 72.9 Å². The van der Waals surface area contributed by atoms with Crippen LogP contribution in [0.15, 0.2) is 191 Å². The van der Waals surface area contributed by atoms with E-state index in [4.69, 9.17) is 8.83 Å². The molecule has 14 rings (SSSR count). The summed E-state index contributed by atoms with van der Waals surface area (Å²) in [5, 5.41) is 13.0. The van der Waals surface area contributed by atoms with Gasteiger partial charge in [-0.25, -0.2) is 0 Å². The Bertz CT molecular complexity index is 3940. The summed E-state index contributed by atoms with van der Waals surface area (Å²) in [5.41, 5.74) is 19.7. The number of allylic oxidation sites excluding steroid dienone is 3. The molecule has 0 radical (unpaired) electrons. The molecule has 0 amide bonds. The largest absolute Gasteiger partial charge is 0.460 e. The van der Waals surface area contributed by atoms with Gasteiger partial charge in [0, 0.05) is 85.1 Å². The van der Waals surface area contributed by atoms with Gasteiger partial charge >= 0.3 is 0 Å². The van der Waals surface area contributed by atoms with E-state index in [-0.39, 0.29) is 6.04 Å². The summed E-state index contributed by atoms with van der Waals surface area (Å²) in [7, 11) is 2.15. The van der Waals surface area contributed by atoms with Crippen LogP contribution in [0.2, 0.25) is 0 Å². The molecule has 0 spiro atoms. The van der Waals surface area contributed by atoms with E-state index in [1.165, 1.54) is 105 Å². The fraction of sp³-hybridized carbons (Fsp3) is 0.222. The summed E-state index contributed by atoms with van der Waals surface area (Å²) >= 11 is 0. The summed E-state index contributed by atoms with van der Waals surface area (Å²) in [6, 6.07) is 55.0. The molecular formula is C72H76N4O2. The number of benzene rings is 7. The van der Waals surface area contributed by atoms with Crippen LogP contribution < -0.4 is 10.6 Å². The number of para-hydroxylation sites is 4. The normalized spacial score (nSPS) is 14.0. The van der Waals surface area contributed by atoms with Gasteiger partial charge in [0.1, 0.15) is 22.7 Å². The molecule has 4 aromatic heterocycles. The minimum atomic E-state index is 0.271. The van der Waals surface area contributed by atoms with Gasteiger partial charge in [-0.3, -0.25) is 5.32 Å². The monoisotopic (exact) mass is 1030 g/mol. The zero-order chi connectivity index (χ0) is 54.7. The fourth-order valence-corrected chi connectivity index (χ4v) is 11.2. The zero-order valence-corrected chi connectivity index (χ0v) is 47.4. The van der Waals surface area contributed by atoms with Crippen molar-refractivity contribution in [1.82, 2.24) is 19.8 Å². The topological polar surface area (TPSA) is 60.2 Å². The van der Waals surface area contributed by atoms with Crippen LogP contribution in [0.25, 0.3) is 101 Å².